The van der Waals surface area contributed by atoms with Gasteiger partial charge in [-0.1, -0.05) is 30.3 Å². The summed E-state index contributed by atoms with van der Waals surface area (Å²) in [5.41, 5.74) is 1.92. The zero-order valence-corrected chi connectivity index (χ0v) is 12.1. The minimum atomic E-state index is -0.506. The third-order valence-corrected chi connectivity index (χ3v) is 3.76. The molecular weight excluding hydrogens is 276 g/mol. The maximum absolute atomic E-state index is 12.0. The summed E-state index contributed by atoms with van der Waals surface area (Å²) in [5, 5.41) is 8.91. The standard InChI is InChI=1S/C18H16N2O2/c19-12-15-10-11-20(18(15)21)16-6-8-17(9-7-16)22-13-14-4-2-1-3-5-14/h1-9,15H,10-11,13H2/t15-/m0/s1. The highest BCUT2D eigenvalue weighted by Crippen LogP contribution is 2.26. The van der Waals surface area contributed by atoms with Crippen molar-refractivity contribution < 1.29 is 9.53 Å². The Morgan fingerprint density at radius 3 is 2.50 bits per heavy atom. The molecule has 1 atom stereocenters. The number of ether oxygens (including phenoxy) is 1. The summed E-state index contributed by atoms with van der Waals surface area (Å²) >= 11 is 0. The fraction of sp³-hybridized carbons (Fsp3) is 0.222. The van der Waals surface area contributed by atoms with E-state index in [1.165, 1.54) is 0 Å². The molecule has 2 aromatic rings. The average Bonchev–Trinajstić information content (AvgIpc) is 2.95. The van der Waals surface area contributed by atoms with E-state index in [2.05, 4.69) is 0 Å². The molecular formula is C18H16N2O2. The van der Waals surface area contributed by atoms with Crippen LogP contribution in [0.4, 0.5) is 5.69 Å². The second-order valence-electron chi connectivity index (χ2n) is 5.23. The molecule has 110 valence electrons. The lowest BCUT2D eigenvalue weighted by Crippen LogP contribution is -2.26. The molecule has 3 rings (SSSR count). The second kappa shape index (κ2) is 6.31. The highest BCUT2D eigenvalue weighted by atomic mass is 16.5. The first-order chi connectivity index (χ1) is 10.8. The zero-order valence-electron chi connectivity index (χ0n) is 12.1. The predicted molar refractivity (Wildman–Crippen MR) is 83.3 cm³/mol. The Morgan fingerprint density at radius 1 is 1.14 bits per heavy atom. The lowest BCUT2D eigenvalue weighted by molar-refractivity contribution is -0.118. The van der Waals surface area contributed by atoms with E-state index >= 15 is 0 Å². The van der Waals surface area contributed by atoms with Crippen LogP contribution in [0.3, 0.4) is 0 Å². The molecule has 0 saturated carbocycles. The monoisotopic (exact) mass is 292 g/mol. The molecule has 2 aromatic carbocycles. The van der Waals surface area contributed by atoms with Gasteiger partial charge in [-0.15, -0.1) is 0 Å². The maximum Gasteiger partial charge on any atom is 0.244 e. The van der Waals surface area contributed by atoms with E-state index in [-0.39, 0.29) is 5.91 Å². The van der Waals surface area contributed by atoms with E-state index in [1.54, 1.807) is 4.90 Å². The van der Waals surface area contributed by atoms with Gasteiger partial charge < -0.3 is 9.64 Å². The molecule has 1 saturated heterocycles. The van der Waals surface area contributed by atoms with Crippen LogP contribution in [0.5, 0.6) is 5.75 Å². The van der Waals surface area contributed by atoms with Crippen LogP contribution in [-0.2, 0) is 11.4 Å². The second-order valence-corrected chi connectivity index (χ2v) is 5.23. The van der Waals surface area contributed by atoms with Gasteiger partial charge in [-0.05, 0) is 36.2 Å². The number of rotatable bonds is 4. The van der Waals surface area contributed by atoms with E-state index in [9.17, 15) is 4.79 Å². The Bertz CT molecular complexity index is 689. The molecule has 22 heavy (non-hydrogen) atoms. The smallest absolute Gasteiger partial charge is 0.244 e. The van der Waals surface area contributed by atoms with Gasteiger partial charge in [0.05, 0.1) is 6.07 Å². The van der Waals surface area contributed by atoms with Crippen LogP contribution in [0.15, 0.2) is 54.6 Å². The van der Waals surface area contributed by atoms with Crippen molar-refractivity contribution in [2.24, 2.45) is 5.92 Å². The van der Waals surface area contributed by atoms with E-state index in [0.29, 0.717) is 19.6 Å². The molecule has 0 N–H and O–H groups in total. The molecule has 0 aromatic heterocycles. The molecule has 4 nitrogen and oxygen atoms in total. The molecule has 0 unspecified atom stereocenters. The molecule has 1 aliphatic heterocycles. The molecule has 0 bridgehead atoms. The van der Waals surface area contributed by atoms with E-state index < -0.39 is 5.92 Å². The largest absolute Gasteiger partial charge is 0.489 e. The van der Waals surface area contributed by atoms with Gasteiger partial charge in [0.1, 0.15) is 18.3 Å². The maximum atomic E-state index is 12.0. The number of benzene rings is 2. The topological polar surface area (TPSA) is 53.3 Å². The van der Waals surface area contributed by atoms with Crippen molar-refractivity contribution in [1.82, 2.24) is 0 Å². The van der Waals surface area contributed by atoms with Gasteiger partial charge in [0.15, 0.2) is 0 Å². The summed E-state index contributed by atoms with van der Waals surface area (Å²) in [5.74, 6) is 0.144. The molecule has 1 amide bonds. The molecule has 0 aliphatic carbocycles. The van der Waals surface area contributed by atoms with Crippen molar-refractivity contribution in [3.63, 3.8) is 0 Å². The number of hydrogen-bond acceptors (Lipinski definition) is 3. The fourth-order valence-electron chi connectivity index (χ4n) is 2.52. The average molecular weight is 292 g/mol. The number of amides is 1. The third-order valence-electron chi connectivity index (χ3n) is 3.76. The summed E-state index contributed by atoms with van der Waals surface area (Å²) in [7, 11) is 0. The van der Waals surface area contributed by atoms with Crippen molar-refractivity contribution >= 4 is 11.6 Å². The first kappa shape index (κ1) is 14.2. The van der Waals surface area contributed by atoms with Gasteiger partial charge in [-0.3, -0.25) is 4.79 Å². The molecule has 4 heteroatoms. The number of hydrogen-bond donors (Lipinski definition) is 0. The Kier molecular flexibility index (Phi) is 4.06. The normalized spacial score (nSPS) is 17.3. The highest BCUT2D eigenvalue weighted by molar-refractivity contribution is 5.98. The van der Waals surface area contributed by atoms with Crippen molar-refractivity contribution in [2.75, 3.05) is 11.4 Å². The Balaban J connectivity index is 1.64. The quantitative estimate of drug-likeness (QED) is 0.870. The highest BCUT2D eigenvalue weighted by Gasteiger charge is 2.32. The molecule has 1 aliphatic rings. The van der Waals surface area contributed by atoms with Crippen molar-refractivity contribution in [3.8, 4) is 11.8 Å². The Hall–Kier alpha value is -2.80. The van der Waals surface area contributed by atoms with Crippen LogP contribution in [-0.4, -0.2) is 12.5 Å². The van der Waals surface area contributed by atoms with Gasteiger partial charge in [0.2, 0.25) is 5.91 Å². The number of carbonyl (C=O) groups excluding carboxylic acids is 1. The molecule has 1 heterocycles. The van der Waals surface area contributed by atoms with Crippen LogP contribution in [0.1, 0.15) is 12.0 Å². The minimum Gasteiger partial charge on any atom is -0.489 e. The summed E-state index contributed by atoms with van der Waals surface area (Å²) < 4.78 is 5.72. The molecule has 1 fully saturated rings. The van der Waals surface area contributed by atoms with Crippen LogP contribution in [0.25, 0.3) is 0 Å². The number of nitriles is 1. The first-order valence-corrected chi connectivity index (χ1v) is 7.26. The summed E-state index contributed by atoms with van der Waals surface area (Å²) in [4.78, 5) is 13.7. The number of carbonyl (C=O) groups is 1. The van der Waals surface area contributed by atoms with E-state index in [4.69, 9.17) is 10.00 Å². The van der Waals surface area contributed by atoms with Gasteiger partial charge in [0, 0.05) is 12.2 Å². The lowest BCUT2D eigenvalue weighted by Gasteiger charge is -2.16. The van der Waals surface area contributed by atoms with Crippen molar-refractivity contribution in [2.45, 2.75) is 13.0 Å². The summed E-state index contributed by atoms with van der Waals surface area (Å²) in [6.07, 6.45) is 0.599. The molecule has 0 radical (unpaired) electrons. The van der Waals surface area contributed by atoms with E-state index in [0.717, 1.165) is 17.0 Å². The Labute approximate surface area is 129 Å². The van der Waals surface area contributed by atoms with Crippen molar-refractivity contribution in [3.05, 3.63) is 60.2 Å². The first-order valence-electron chi connectivity index (χ1n) is 7.26. The van der Waals surface area contributed by atoms with Gasteiger partial charge >= 0.3 is 0 Å². The SMILES string of the molecule is N#C[C@@H]1CCN(c2ccc(OCc3ccccc3)cc2)C1=O. The van der Waals surface area contributed by atoms with Gasteiger partial charge in [-0.2, -0.15) is 5.26 Å². The third kappa shape index (κ3) is 2.94. The van der Waals surface area contributed by atoms with Gasteiger partial charge in [0.25, 0.3) is 0 Å². The predicted octanol–water partition coefficient (Wildman–Crippen LogP) is 3.14. The van der Waals surface area contributed by atoms with Crippen molar-refractivity contribution in [1.29, 1.82) is 5.26 Å². The Morgan fingerprint density at radius 2 is 1.86 bits per heavy atom. The fourth-order valence-corrected chi connectivity index (χ4v) is 2.52. The molecule has 0 spiro atoms. The van der Waals surface area contributed by atoms with Crippen LogP contribution in [0.2, 0.25) is 0 Å². The number of nitrogens with zero attached hydrogens (tertiary/aromatic N) is 2. The van der Waals surface area contributed by atoms with Gasteiger partial charge in [-0.25, -0.2) is 0 Å². The van der Waals surface area contributed by atoms with Crippen LogP contribution >= 0.6 is 0 Å². The van der Waals surface area contributed by atoms with Crippen LogP contribution in [0, 0.1) is 17.2 Å². The lowest BCUT2D eigenvalue weighted by atomic mass is 10.1. The zero-order chi connectivity index (χ0) is 15.4. The summed E-state index contributed by atoms with van der Waals surface area (Å²) in [6.45, 7) is 1.11. The number of anilines is 1. The summed E-state index contributed by atoms with van der Waals surface area (Å²) in [6, 6.07) is 19.4. The van der Waals surface area contributed by atoms with Crippen LogP contribution < -0.4 is 9.64 Å². The minimum absolute atomic E-state index is 0.111. The van der Waals surface area contributed by atoms with E-state index in [1.807, 2.05) is 60.7 Å².